The van der Waals surface area contributed by atoms with Crippen LogP contribution in [0.3, 0.4) is 0 Å². The van der Waals surface area contributed by atoms with Gasteiger partial charge in [0.05, 0.1) is 22.4 Å². The van der Waals surface area contributed by atoms with Gasteiger partial charge in [0.15, 0.2) is 0 Å². The fourth-order valence-corrected chi connectivity index (χ4v) is 11.4. The predicted octanol–water partition coefficient (Wildman–Crippen LogP) is 18.4. The number of nitrogens with zero attached hydrogens (tertiary/aromatic N) is 3. The minimum atomic E-state index is -0.133. The molecule has 11 aromatic rings. The Bertz CT molecular complexity index is 3850. The lowest BCUT2D eigenvalue weighted by molar-refractivity contribution is 0.660. The maximum Gasteiger partial charge on any atom is 0.0541 e. The first kappa shape index (κ1) is 41.5. The van der Waals surface area contributed by atoms with Crippen LogP contribution in [-0.2, 0) is 5.41 Å². The molecule has 1 aromatic heterocycles. The van der Waals surface area contributed by atoms with E-state index in [0.717, 1.165) is 52.4 Å². The second-order valence-electron chi connectivity index (χ2n) is 19.2. The Hall–Kier alpha value is -8.66. The van der Waals surface area contributed by atoms with Crippen LogP contribution >= 0.6 is 0 Å². The molecule has 0 bridgehead atoms. The molecular weight excluding hydrogens is 847 g/mol. The zero-order valence-electron chi connectivity index (χ0n) is 39.4. The number of hydrogen-bond acceptors (Lipinski definition) is 2. The third-order valence-corrected chi connectivity index (χ3v) is 14.8. The molecule has 1 heterocycles. The van der Waals surface area contributed by atoms with E-state index in [2.05, 4.69) is 277 Å². The summed E-state index contributed by atoms with van der Waals surface area (Å²) in [5.74, 6) is 0. The van der Waals surface area contributed by atoms with Gasteiger partial charge in [0, 0.05) is 55.6 Å². The highest BCUT2D eigenvalue weighted by Gasteiger charge is 2.36. The first-order chi connectivity index (χ1) is 34.5. The second kappa shape index (κ2) is 16.8. The number of anilines is 5. The molecule has 3 nitrogen and oxygen atoms in total. The normalized spacial score (nSPS) is 13.6. The fraction of sp³-hybridized carbons (Fsp3) is 0.0746. The number of para-hydroxylation sites is 2. The van der Waals surface area contributed by atoms with Gasteiger partial charge in [-0.2, -0.15) is 0 Å². The van der Waals surface area contributed by atoms with Gasteiger partial charge in [-0.25, -0.2) is 0 Å². The van der Waals surface area contributed by atoms with Crippen molar-refractivity contribution in [3.63, 3.8) is 0 Å². The Labute approximate surface area is 410 Å². The lowest BCUT2D eigenvalue weighted by Gasteiger charge is -2.32. The van der Waals surface area contributed by atoms with Gasteiger partial charge in [0.1, 0.15) is 0 Å². The maximum atomic E-state index is 2.48. The monoisotopic (exact) mass is 897 g/mol. The Kier molecular flexibility index (Phi) is 9.99. The van der Waals surface area contributed by atoms with Crippen LogP contribution in [0.5, 0.6) is 0 Å². The zero-order chi connectivity index (χ0) is 46.8. The molecule has 2 aliphatic carbocycles. The maximum absolute atomic E-state index is 2.48. The predicted molar refractivity (Wildman–Crippen MR) is 296 cm³/mol. The summed E-state index contributed by atoms with van der Waals surface area (Å²) in [5.41, 5.74) is 20.2. The van der Waals surface area contributed by atoms with Crippen LogP contribution in [0.4, 0.5) is 28.4 Å². The van der Waals surface area contributed by atoms with Gasteiger partial charge in [-0.15, -0.1) is 0 Å². The van der Waals surface area contributed by atoms with E-state index in [9.17, 15) is 0 Å². The van der Waals surface area contributed by atoms with Crippen molar-refractivity contribution < 1.29 is 0 Å². The van der Waals surface area contributed by atoms with E-state index in [4.69, 9.17) is 0 Å². The highest BCUT2D eigenvalue weighted by molar-refractivity contribution is 6.12. The van der Waals surface area contributed by atoms with Crippen LogP contribution < -0.4 is 9.80 Å². The summed E-state index contributed by atoms with van der Waals surface area (Å²) in [6.45, 7) is 4.74. The summed E-state index contributed by atoms with van der Waals surface area (Å²) in [5, 5.41) is 4.90. The highest BCUT2D eigenvalue weighted by atomic mass is 15.2. The highest BCUT2D eigenvalue weighted by Crippen LogP contribution is 2.51. The minimum absolute atomic E-state index is 0.133. The molecule has 0 saturated heterocycles. The summed E-state index contributed by atoms with van der Waals surface area (Å²) in [6.07, 6.45) is 9.06. The quantitative estimate of drug-likeness (QED) is 0.143. The Morgan fingerprint density at radius 3 is 1.86 bits per heavy atom. The molecule has 0 N–H and O–H groups in total. The van der Waals surface area contributed by atoms with Crippen molar-refractivity contribution in [1.29, 1.82) is 0 Å². The topological polar surface area (TPSA) is 11.4 Å². The number of allylic oxidation sites excluding steroid dienone is 3. The van der Waals surface area contributed by atoms with Crippen LogP contribution in [0.1, 0.15) is 37.8 Å². The third kappa shape index (κ3) is 6.88. The largest absolute Gasteiger partial charge is 0.311 e. The van der Waals surface area contributed by atoms with Crippen molar-refractivity contribution in [2.24, 2.45) is 0 Å². The molecule has 0 fully saturated rings. The molecule has 70 heavy (non-hydrogen) atoms. The van der Waals surface area contributed by atoms with Crippen molar-refractivity contribution in [3.05, 3.63) is 266 Å². The van der Waals surface area contributed by atoms with Crippen molar-refractivity contribution >= 4 is 61.0 Å². The van der Waals surface area contributed by atoms with E-state index in [1.165, 1.54) is 77.3 Å². The first-order valence-electron chi connectivity index (χ1n) is 24.6. The first-order valence-corrected chi connectivity index (χ1v) is 24.6. The van der Waals surface area contributed by atoms with Gasteiger partial charge in [-0.1, -0.05) is 178 Å². The average Bonchev–Trinajstić information content (AvgIpc) is 3.87. The molecule has 0 amide bonds. The van der Waals surface area contributed by atoms with Gasteiger partial charge in [-0.05, 0) is 142 Å². The van der Waals surface area contributed by atoms with Crippen molar-refractivity contribution in [2.75, 3.05) is 9.80 Å². The van der Waals surface area contributed by atoms with Crippen LogP contribution in [-0.4, -0.2) is 4.57 Å². The van der Waals surface area contributed by atoms with Crippen LogP contribution in [0.2, 0.25) is 0 Å². The van der Waals surface area contributed by atoms with Crippen molar-refractivity contribution in [3.8, 4) is 39.1 Å². The molecule has 2 aliphatic rings. The summed E-state index contributed by atoms with van der Waals surface area (Å²) in [6, 6.07) is 85.0. The SMILES string of the molecule is CC1(C)c2ccccc2-c2ccc(N(C3=CCCC=C3)c3ccc(N(c4ccccc4)c4ccc(-c5ccccc5)cc4)c(-c4ccc5c(c4)c4ccccc4n5-c4cccc5ccccc45)c3)cc21. The summed E-state index contributed by atoms with van der Waals surface area (Å²) in [4.78, 5) is 4.91. The number of aromatic nitrogens is 1. The standard InChI is InChI=1S/C67H51N3/c1-67(2)61-30-16-14-28-56(61)57-40-38-54(45-62(57)67)68(50-23-8-4-9-24-50)53-39-42-65(69(51-25-10-5-11-26-51)52-36-33-47(34-37-52)46-19-6-3-7-20-46)59(44-53)49-35-41-66-60(43-49)58-29-15-17-31-64(58)70(66)63-32-18-22-48-21-12-13-27-55(48)63/h3,5-8,10-45H,4,9H2,1-2H3. The van der Waals surface area contributed by atoms with Crippen LogP contribution in [0, 0.1) is 0 Å². The Morgan fingerprint density at radius 2 is 1.03 bits per heavy atom. The van der Waals surface area contributed by atoms with Crippen molar-refractivity contribution in [2.45, 2.75) is 32.1 Å². The van der Waals surface area contributed by atoms with E-state index in [0.29, 0.717) is 0 Å². The lowest BCUT2D eigenvalue weighted by Crippen LogP contribution is -2.19. The molecule has 13 rings (SSSR count). The van der Waals surface area contributed by atoms with E-state index >= 15 is 0 Å². The minimum Gasteiger partial charge on any atom is -0.311 e. The van der Waals surface area contributed by atoms with Crippen LogP contribution in [0.25, 0.3) is 71.6 Å². The smallest absolute Gasteiger partial charge is 0.0541 e. The van der Waals surface area contributed by atoms with E-state index in [1.54, 1.807) is 0 Å². The molecule has 0 atom stereocenters. The van der Waals surface area contributed by atoms with Gasteiger partial charge in [0.25, 0.3) is 0 Å². The summed E-state index contributed by atoms with van der Waals surface area (Å²) >= 11 is 0. The van der Waals surface area contributed by atoms with Gasteiger partial charge < -0.3 is 14.4 Å². The van der Waals surface area contributed by atoms with E-state index in [1.807, 2.05) is 0 Å². The van der Waals surface area contributed by atoms with E-state index in [-0.39, 0.29) is 5.41 Å². The average molecular weight is 898 g/mol. The van der Waals surface area contributed by atoms with Gasteiger partial charge >= 0.3 is 0 Å². The molecule has 0 unspecified atom stereocenters. The molecule has 3 heteroatoms. The molecular formula is C67H51N3. The molecule has 10 aromatic carbocycles. The molecule has 0 aliphatic heterocycles. The number of fused-ring (bicyclic) bond motifs is 7. The summed E-state index contributed by atoms with van der Waals surface area (Å²) in [7, 11) is 0. The number of rotatable bonds is 9. The number of benzene rings is 10. The summed E-state index contributed by atoms with van der Waals surface area (Å²) < 4.78 is 2.45. The molecule has 0 spiro atoms. The second-order valence-corrected chi connectivity index (χ2v) is 19.2. The lowest BCUT2D eigenvalue weighted by atomic mass is 9.82. The molecule has 0 radical (unpaired) electrons. The zero-order valence-corrected chi connectivity index (χ0v) is 39.4. The molecule has 0 saturated carbocycles. The van der Waals surface area contributed by atoms with Gasteiger partial charge in [0.2, 0.25) is 0 Å². The Balaban J connectivity index is 1.05. The van der Waals surface area contributed by atoms with E-state index < -0.39 is 0 Å². The third-order valence-electron chi connectivity index (χ3n) is 14.8. The Morgan fingerprint density at radius 1 is 0.400 bits per heavy atom. The van der Waals surface area contributed by atoms with Crippen molar-refractivity contribution in [1.82, 2.24) is 4.57 Å². The van der Waals surface area contributed by atoms with Gasteiger partial charge in [-0.3, -0.25) is 0 Å². The fourth-order valence-electron chi connectivity index (χ4n) is 11.4. The molecule has 334 valence electrons. The number of hydrogen-bond donors (Lipinski definition) is 0. The van der Waals surface area contributed by atoms with Crippen LogP contribution in [0.15, 0.2) is 254 Å².